The fraction of sp³-hybridized carbons (Fsp3) is 0.625. The van der Waals surface area contributed by atoms with Crippen molar-refractivity contribution in [2.45, 2.75) is 31.2 Å². The summed E-state index contributed by atoms with van der Waals surface area (Å²) in [4.78, 5) is 2.46. The van der Waals surface area contributed by atoms with Crippen molar-refractivity contribution in [1.29, 1.82) is 0 Å². The third kappa shape index (κ3) is 2.44. The molecule has 1 aliphatic carbocycles. The zero-order chi connectivity index (χ0) is 14.0. The highest BCUT2D eigenvalue weighted by molar-refractivity contribution is 5.61. The van der Waals surface area contributed by atoms with E-state index < -0.39 is 0 Å². The summed E-state index contributed by atoms with van der Waals surface area (Å²) < 4.78 is 10.8. The first-order valence-corrected chi connectivity index (χ1v) is 7.48. The molecule has 1 aromatic rings. The molecule has 4 heteroatoms. The predicted molar refractivity (Wildman–Crippen MR) is 81.0 cm³/mol. The van der Waals surface area contributed by atoms with Gasteiger partial charge in [-0.25, -0.2) is 0 Å². The van der Waals surface area contributed by atoms with Gasteiger partial charge in [0.25, 0.3) is 0 Å². The number of benzene rings is 1. The second kappa shape index (κ2) is 5.52. The van der Waals surface area contributed by atoms with E-state index in [9.17, 15) is 0 Å². The molecule has 0 atom stereocenters. The van der Waals surface area contributed by atoms with Crippen molar-refractivity contribution >= 4 is 5.69 Å². The first-order chi connectivity index (χ1) is 9.76. The second-order valence-electron chi connectivity index (χ2n) is 5.87. The van der Waals surface area contributed by atoms with Gasteiger partial charge < -0.3 is 19.7 Å². The van der Waals surface area contributed by atoms with Crippen molar-refractivity contribution in [2.75, 3.05) is 38.8 Å². The Hall–Kier alpha value is -1.42. The van der Waals surface area contributed by atoms with Crippen molar-refractivity contribution in [3.8, 4) is 11.5 Å². The number of nitrogens with one attached hydrogen (secondary N) is 1. The van der Waals surface area contributed by atoms with Crippen LogP contribution in [0, 0.1) is 0 Å². The molecule has 0 aromatic heterocycles. The quantitative estimate of drug-likeness (QED) is 0.919. The van der Waals surface area contributed by atoms with Gasteiger partial charge in [0, 0.05) is 31.2 Å². The Balaban J connectivity index is 1.84. The van der Waals surface area contributed by atoms with Crippen molar-refractivity contribution in [3.63, 3.8) is 0 Å². The van der Waals surface area contributed by atoms with E-state index >= 15 is 0 Å². The number of ether oxygens (including phenoxy) is 2. The molecule has 1 N–H and O–H groups in total. The average Bonchev–Trinajstić information content (AvgIpc) is 2.94. The summed E-state index contributed by atoms with van der Waals surface area (Å²) >= 11 is 0. The molecule has 1 heterocycles. The van der Waals surface area contributed by atoms with Gasteiger partial charge in [0.2, 0.25) is 0 Å². The van der Waals surface area contributed by atoms with Crippen LogP contribution < -0.4 is 19.7 Å². The minimum absolute atomic E-state index is 0.323. The zero-order valence-corrected chi connectivity index (χ0v) is 12.4. The van der Waals surface area contributed by atoms with Gasteiger partial charge in [0.1, 0.15) is 11.5 Å². The van der Waals surface area contributed by atoms with Crippen LogP contribution >= 0.6 is 0 Å². The Bertz CT molecular complexity index is 470. The van der Waals surface area contributed by atoms with Crippen LogP contribution in [0.1, 0.15) is 25.7 Å². The maximum atomic E-state index is 5.55. The number of hydrogen-bond donors (Lipinski definition) is 1. The summed E-state index contributed by atoms with van der Waals surface area (Å²) in [5.41, 5.74) is 1.50. The van der Waals surface area contributed by atoms with Gasteiger partial charge in [0.05, 0.1) is 19.9 Å². The highest BCUT2D eigenvalue weighted by Gasteiger charge is 2.38. The lowest BCUT2D eigenvalue weighted by Crippen LogP contribution is -2.59. The van der Waals surface area contributed by atoms with Crippen LogP contribution in [0.2, 0.25) is 0 Å². The molecule has 2 fully saturated rings. The second-order valence-corrected chi connectivity index (χ2v) is 5.87. The average molecular weight is 276 g/mol. The lowest BCUT2D eigenvalue weighted by molar-refractivity contribution is 0.302. The van der Waals surface area contributed by atoms with Crippen molar-refractivity contribution < 1.29 is 9.47 Å². The van der Waals surface area contributed by atoms with Crippen molar-refractivity contribution in [2.24, 2.45) is 0 Å². The van der Waals surface area contributed by atoms with E-state index in [0.717, 1.165) is 31.1 Å². The highest BCUT2D eigenvalue weighted by Crippen LogP contribution is 2.37. The number of methoxy groups -OCH3 is 2. The summed E-state index contributed by atoms with van der Waals surface area (Å²) in [6, 6.07) is 6.10. The molecular weight excluding hydrogens is 252 g/mol. The molecule has 1 spiro atoms. The van der Waals surface area contributed by atoms with Gasteiger partial charge in [-0.2, -0.15) is 0 Å². The van der Waals surface area contributed by atoms with E-state index in [1.165, 1.54) is 31.4 Å². The standard InChI is InChI=1S/C16H24N2O2/c1-19-13-5-6-14(15(11-13)20-2)18-10-9-17-16(12-18)7-3-4-8-16/h5-6,11,17H,3-4,7-10,12H2,1-2H3. The summed E-state index contributed by atoms with van der Waals surface area (Å²) in [6.45, 7) is 3.16. The Labute approximate surface area is 121 Å². The SMILES string of the molecule is COc1ccc(N2CCNC3(CCCC3)C2)c(OC)c1. The first-order valence-electron chi connectivity index (χ1n) is 7.48. The number of hydrogen-bond acceptors (Lipinski definition) is 4. The van der Waals surface area contributed by atoms with E-state index in [-0.39, 0.29) is 0 Å². The van der Waals surface area contributed by atoms with E-state index in [1.54, 1.807) is 14.2 Å². The molecule has 0 bridgehead atoms. The Morgan fingerprint density at radius 1 is 1.15 bits per heavy atom. The molecule has 0 radical (unpaired) electrons. The largest absolute Gasteiger partial charge is 0.497 e. The third-order valence-corrected chi connectivity index (χ3v) is 4.66. The number of rotatable bonds is 3. The van der Waals surface area contributed by atoms with Crippen LogP contribution in [0.25, 0.3) is 0 Å². The molecule has 3 rings (SSSR count). The number of anilines is 1. The Morgan fingerprint density at radius 2 is 1.95 bits per heavy atom. The van der Waals surface area contributed by atoms with Crippen LogP contribution in [0.3, 0.4) is 0 Å². The van der Waals surface area contributed by atoms with Gasteiger partial charge in [0.15, 0.2) is 0 Å². The minimum Gasteiger partial charge on any atom is -0.497 e. The summed E-state index contributed by atoms with van der Waals surface area (Å²) in [7, 11) is 3.42. The first kappa shape index (κ1) is 13.6. The zero-order valence-electron chi connectivity index (χ0n) is 12.4. The molecule has 1 aromatic carbocycles. The summed E-state index contributed by atoms with van der Waals surface area (Å²) in [5.74, 6) is 1.75. The fourth-order valence-corrected chi connectivity index (χ4v) is 3.59. The highest BCUT2D eigenvalue weighted by atomic mass is 16.5. The van der Waals surface area contributed by atoms with Crippen molar-refractivity contribution in [3.05, 3.63) is 18.2 Å². The third-order valence-electron chi connectivity index (χ3n) is 4.66. The van der Waals surface area contributed by atoms with Crippen LogP contribution in [-0.4, -0.2) is 39.4 Å². The lowest BCUT2D eigenvalue weighted by Gasteiger charge is -2.43. The minimum atomic E-state index is 0.323. The maximum absolute atomic E-state index is 5.55. The van der Waals surface area contributed by atoms with Crippen molar-refractivity contribution in [1.82, 2.24) is 5.32 Å². The molecule has 1 saturated carbocycles. The Kier molecular flexibility index (Phi) is 3.74. The van der Waals surface area contributed by atoms with E-state index in [0.29, 0.717) is 5.54 Å². The molecule has 110 valence electrons. The monoisotopic (exact) mass is 276 g/mol. The predicted octanol–water partition coefficient (Wildman–Crippen LogP) is 2.43. The van der Waals surface area contributed by atoms with E-state index in [4.69, 9.17) is 9.47 Å². The Morgan fingerprint density at radius 3 is 2.65 bits per heavy atom. The van der Waals surface area contributed by atoms with Crippen LogP contribution in [0.5, 0.6) is 11.5 Å². The maximum Gasteiger partial charge on any atom is 0.145 e. The van der Waals surface area contributed by atoms with Gasteiger partial charge in [-0.1, -0.05) is 12.8 Å². The van der Waals surface area contributed by atoms with Crippen LogP contribution in [-0.2, 0) is 0 Å². The van der Waals surface area contributed by atoms with Gasteiger partial charge in [-0.3, -0.25) is 0 Å². The van der Waals surface area contributed by atoms with Gasteiger partial charge in [-0.15, -0.1) is 0 Å². The van der Waals surface area contributed by atoms with Gasteiger partial charge in [-0.05, 0) is 25.0 Å². The molecule has 1 aliphatic heterocycles. The molecule has 20 heavy (non-hydrogen) atoms. The van der Waals surface area contributed by atoms with E-state index in [2.05, 4.69) is 16.3 Å². The normalized spacial score (nSPS) is 21.2. The van der Waals surface area contributed by atoms with E-state index in [1.807, 2.05) is 12.1 Å². The topological polar surface area (TPSA) is 33.7 Å². The summed E-state index contributed by atoms with van der Waals surface area (Å²) in [6.07, 6.45) is 5.28. The number of nitrogens with zero attached hydrogens (tertiary/aromatic N) is 1. The molecule has 0 unspecified atom stereocenters. The molecule has 4 nitrogen and oxygen atoms in total. The smallest absolute Gasteiger partial charge is 0.145 e. The fourth-order valence-electron chi connectivity index (χ4n) is 3.59. The molecule has 2 aliphatic rings. The lowest BCUT2D eigenvalue weighted by atomic mass is 9.94. The van der Waals surface area contributed by atoms with Gasteiger partial charge >= 0.3 is 0 Å². The summed E-state index contributed by atoms with van der Waals surface area (Å²) in [5, 5.41) is 3.75. The molecule has 0 amide bonds. The molecular formula is C16H24N2O2. The molecule has 1 saturated heterocycles. The van der Waals surface area contributed by atoms with Crippen LogP contribution in [0.15, 0.2) is 18.2 Å². The van der Waals surface area contributed by atoms with Crippen LogP contribution in [0.4, 0.5) is 5.69 Å². The number of piperazine rings is 1.